The number of hydrogen-bond donors (Lipinski definition) is 2. The van der Waals surface area contributed by atoms with Gasteiger partial charge in [0.05, 0.1) is 0 Å². The van der Waals surface area contributed by atoms with Gasteiger partial charge >= 0.3 is 0 Å². The van der Waals surface area contributed by atoms with Gasteiger partial charge in [0.25, 0.3) is 11.8 Å². The molecule has 2 amide bonds. The van der Waals surface area contributed by atoms with E-state index in [9.17, 15) is 23.2 Å². The molecule has 0 bridgehead atoms. The molecule has 1 unspecified atom stereocenters. The van der Waals surface area contributed by atoms with Gasteiger partial charge in [0, 0.05) is 18.9 Å². The molecule has 0 fully saturated rings. The fourth-order valence-electron chi connectivity index (χ4n) is 2.92. The van der Waals surface area contributed by atoms with Gasteiger partial charge in [-0.05, 0) is 29.8 Å². The summed E-state index contributed by atoms with van der Waals surface area (Å²) in [4.78, 5) is 40.5. The van der Waals surface area contributed by atoms with Crippen LogP contribution in [0, 0.1) is 18.6 Å². The van der Waals surface area contributed by atoms with Crippen molar-refractivity contribution in [3.8, 4) is 11.3 Å². The molecule has 154 valence electrons. The summed E-state index contributed by atoms with van der Waals surface area (Å²) in [6.07, 6.45) is -0.187. The highest BCUT2D eigenvalue weighted by Crippen LogP contribution is 2.26. The molecule has 0 spiro atoms. The maximum Gasteiger partial charge on any atom is 0.290 e. The quantitative estimate of drug-likeness (QED) is 0.577. The Balaban J connectivity index is 1.92. The molecular formula is C21H17F2N3O4. The Kier molecular flexibility index (Phi) is 6.01. The molecule has 1 heterocycles. The lowest BCUT2D eigenvalue weighted by Crippen LogP contribution is -2.47. The number of hydrogen-bond acceptors (Lipinski definition) is 5. The number of oxazole rings is 1. The third kappa shape index (κ3) is 4.57. The normalized spacial score (nSPS) is 11.7. The van der Waals surface area contributed by atoms with Crippen molar-refractivity contribution in [2.24, 2.45) is 5.73 Å². The number of aromatic nitrogens is 1. The van der Waals surface area contributed by atoms with Gasteiger partial charge in [-0.3, -0.25) is 14.4 Å². The molecule has 9 heteroatoms. The number of rotatable bonds is 7. The Hall–Kier alpha value is -3.88. The Morgan fingerprint density at radius 1 is 1.13 bits per heavy atom. The number of Topliss-reactive ketones (excluding diaryl/α,β-unsaturated/α-hetero) is 1. The average Bonchev–Trinajstić information content (AvgIpc) is 3.08. The zero-order valence-corrected chi connectivity index (χ0v) is 15.8. The summed E-state index contributed by atoms with van der Waals surface area (Å²) in [5.74, 6) is -4.64. The molecule has 0 aliphatic carbocycles. The largest absolute Gasteiger partial charge is 0.435 e. The number of carbonyl (C=O) groups is 3. The minimum absolute atomic E-state index is 0.0300. The molecule has 7 nitrogen and oxygen atoms in total. The topological polar surface area (TPSA) is 115 Å². The van der Waals surface area contributed by atoms with E-state index in [1.165, 1.54) is 43.3 Å². The molecule has 0 saturated carbocycles. The first kappa shape index (κ1) is 20.8. The van der Waals surface area contributed by atoms with Crippen molar-refractivity contribution in [1.29, 1.82) is 0 Å². The second-order valence-electron chi connectivity index (χ2n) is 6.48. The van der Waals surface area contributed by atoms with Gasteiger partial charge < -0.3 is 15.5 Å². The highest BCUT2D eigenvalue weighted by atomic mass is 19.1. The zero-order valence-electron chi connectivity index (χ0n) is 15.8. The van der Waals surface area contributed by atoms with Crippen LogP contribution in [-0.2, 0) is 16.0 Å². The number of nitrogens with two attached hydrogens (primary N) is 1. The summed E-state index contributed by atoms with van der Waals surface area (Å²) in [5, 5.41) is 2.36. The minimum Gasteiger partial charge on any atom is -0.435 e. The average molecular weight is 413 g/mol. The van der Waals surface area contributed by atoms with Crippen molar-refractivity contribution in [2.75, 3.05) is 0 Å². The summed E-state index contributed by atoms with van der Waals surface area (Å²) in [5.41, 5.74) is 5.41. The van der Waals surface area contributed by atoms with Gasteiger partial charge in [0.1, 0.15) is 23.4 Å². The first-order chi connectivity index (χ1) is 14.3. The Labute approximate surface area is 169 Å². The number of halogens is 2. The SMILES string of the molecule is Cc1nc(-c2ccccc2F)c(C(=O)NC(Cc2cccc(F)c2)C(=O)C(N)=O)o1. The molecule has 0 aliphatic heterocycles. The Morgan fingerprint density at radius 2 is 1.87 bits per heavy atom. The van der Waals surface area contributed by atoms with Crippen molar-refractivity contribution in [1.82, 2.24) is 10.3 Å². The van der Waals surface area contributed by atoms with Crippen LogP contribution in [0.5, 0.6) is 0 Å². The second kappa shape index (κ2) is 8.64. The fourth-order valence-corrected chi connectivity index (χ4v) is 2.92. The van der Waals surface area contributed by atoms with Crippen LogP contribution in [0.1, 0.15) is 22.0 Å². The van der Waals surface area contributed by atoms with Gasteiger partial charge in [0.15, 0.2) is 5.89 Å². The third-order valence-corrected chi connectivity index (χ3v) is 4.26. The number of ketones is 1. The van der Waals surface area contributed by atoms with Crippen LogP contribution in [0.15, 0.2) is 52.9 Å². The predicted octanol–water partition coefficient (Wildman–Crippen LogP) is 2.32. The number of benzene rings is 2. The molecule has 1 aromatic heterocycles. The number of nitrogens with one attached hydrogen (secondary N) is 1. The summed E-state index contributed by atoms with van der Waals surface area (Å²) < 4.78 is 33.0. The van der Waals surface area contributed by atoms with Crippen LogP contribution in [-0.4, -0.2) is 28.6 Å². The van der Waals surface area contributed by atoms with Crippen molar-refractivity contribution in [3.05, 3.63) is 77.4 Å². The number of primary amides is 1. The first-order valence-corrected chi connectivity index (χ1v) is 8.87. The maximum absolute atomic E-state index is 14.2. The molecule has 2 aromatic carbocycles. The van der Waals surface area contributed by atoms with Gasteiger partial charge in [-0.15, -0.1) is 0 Å². The summed E-state index contributed by atoms with van der Waals surface area (Å²) in [6.45, 7) is 1.47. The van der Waals surface area contributed by atoms with E-state index >= 15 is 0 Å². The number of nitrogens with zero attached hydrogens (tertiary/aromatic N) is 1. The van der Waals surface area contributed by atoms with E-state index in [1.54, 1.807) is 6.07 Å². The summed E-state index contributed by atoms with van der Waals surface area (Å²) >= 11 is 0. The third-order valence-electron chi connectivity index (χ3n) is 4.26. The summed E-state index contributed by atoms with van der Waals surface area (Å²) in [6, 6.07) is 9.61. The Bertz CT molecular complexity index is 1130. The highest BCUT2D eigenvalue weighted by Gasteiger charge is 2.29. The molecule has 1 atom stereocenters. The molecule has 3 rings (SSSR count). The molecular weight excluding hydrogens is 396 g/mol. The molecule has 30 heavy (non-hydrogen) atoms. The zero-order chi connectivity index (χ0) is 21.8. The van der Waals surface area contributed by atoms with Gasteiger partial charge in [-0.2, -0.15) is 0 Å². The fraction of sp³-hybridized carbons (Fsp3) is 0.143. The minimum atomic E-state index is -1.38. The predicted molar refractivity (Wildman–Crippen MR) is 102 cm³/mol. The van der Waals surface area contributed by atoms with E-state index in [0.717, 1.165) is 6.07 Å². The van der Waals surface area contributed by atoms with Crippen LogP contribution >= 0.6 is 0 Å². The maximum atomic E-state index is 14.2. The lowest BCUT2D eigenvalue weighted by atomic mass is 10.0. The van der Waals surface area contributed by atoms with E-state index < -0.39 is 35.3 Å². The lowest BCUT2D eigenvalue weighted by Gasteiger charge is -2.16. The van der Waals surface area contributed by atoms with Crippen LogP contribution < -0.4 is 11.1 Å². The number of carbonyl (C=O) groups excluding carboxylic acids is 3. The first-order valence-electron chi connectivity index (χ1n) is 8.87. The second-order valence-corrected chi connectivity index (χ2v) is 6.48. The van der Waals surface area contributed by atoms with Crippen molar-refractivity contribution < 1.29 is 27.6 Å². The lowest BCUT2D eigenvalue weighted by molar-refractivity contribution is -0.137. The Morgan fingerprint density at radius 3 is 2.53 bits per heavy atom. The van der Waals surface area contributed by atoms with E-state index in [0.29, 0.717) is 5.56 Å². The molecule has 0 aliphatic rings. The molecule has 3 aromatic rings. The van der Waals surface area contributed by atoms with Gasteiger partial charge in [-0.1, -0.05) is 24.3 Å². The highest BCUT2D eigenvalue weighted by molar-refractivity contribution is 6.38. The number of amides is 2. The van der Waals surface area contributed by atoms with E-state index in [1.807, 2.05) is 0 Å². The molecule has 0 radical (unpaired) electrons. The smallest absolute Gasteiger partial charge is 0.290 e. The van der Waals surface area contributed by atoms with Crippen molar-refractivity contribution in [3.63, 3.8) is 0 Å². The van der Waals surface area contributed by atoms with Crippen LogP contribution in [0.4, 0.5) is 8.78 Å². The van der Waals surface area contributed by atoms with Crippen LogP contribution in [0.3, 0.4) is 0 Å². The summed E-state index contributed by atoms with van der Waals surface area (Å²) in [7, 11) is 0. The molecule has 0 saturated heterocycles. The monoisotopic (exact) mass is 413 g/mol. The van der Waals surface area contributed by atoms with E-state index in [-0.39, 0.29) is 29.3 Å². The number of aryl methyl sites for hydroxylation is 1. The van der Waals surface area contributed by atoms with Crippen LogP contribution in [0.2, 0.25) is 0 Å². The van der Waals surface area contributed by atoms with Crippen molar-refractivity contribution in [2.45, 2.75) is 19.4 Å². The standard InChI is InChI=1S/C21H17F2N3O4/c1-11-25-17(14-7-2-3-8-15(14)23)19(30-11)21(29)26-16(18(27)20(24)28)10-12-5-4-6-13(22)9-12/h2-9,16H,10H2,1H3,(H2,24,28)(H,26,29). The van der Waals surface area contributed by atoms with E-state index in [2.05, 4.69) is 10.3 Å². The van der Waals surface area contributed by atoms with Crippen molar-refractivity contribution >= 4 is 17.6 Å². The van der Waals surface area contributed by atoms with Gasteiger partial charge in [0.2, 0.25) is 11.5 Å². The van der Waals surface area contributed by atoms with Crippen LogP contribution in [0.25, 0.3) is 11.3 Å². The van der Waals surface area contributed by atoms with Gasteiger partial charge in [-0.25, -0.2) is 13.8 Å². The van der Waals surface area contributed by atoms with E-state index in [4.69, 9.17) is 10.2 Å². The molecule has 3 N–H and O–H groups in total.